The molecule has 1 aliphatic rings. The Morgan fingerprint density at radius 2 is 1.76 bits per heavy atom. The van der Waals surface area contributed by atoms with Gasteiger partial charge in [-0.15, -0.1) is 0 Å². The highest BCUT2D eigenvalue weighted by Gasteiger charge is 2.16. The molecule has 1 aliphatic heterocycles. The van der Waals surface area contributed by atoms with Crippen molar-refractivity contribution in [2.45, 2.75) is 6.54 Å². The Bertz CT molecular complexity index is 756. The first kappa shape index (κ1) is 17.4. The summed E-state index contributed by atoms with van der Waals surface area (Å²) in [5.74, 6) is 0. The summed E-state index contributed by atoms with van der Waals surface area (Å²) in [5.41, 5.74) is 1.84. The highest BCUT2D eigenvalue weighted by Crippen LogP contribution is 2.16. The average Bonchev–Trinajstić information content (AvgIpc) is 2.63. The molecule has 0 aromatic heterocycles. The van der Waals surface area contributed by atoms with Crippen molar-refractivity contribution in [3.8, 4) is 0 Å². The Morgan fingerprint density at radius 1 is 1.08 bits per heavy atom. The van der Waals surface area contributed by atoms with Gasteiger partial charge in [0.1, 0.15) is 0 Å². The molecule has 2 aromatic rings. The second-order valence-electron chi connectivity index (χ2n) is 5.92. The number of hydrogen-bond donors (Lipinski definition) is 0. The zero-order chi connectivity index (χ0) is 17.6. The van der Waals surface area contributed by atoms with E-state index in [4.69, 9.17) is 11.6 Å². The van der Waals surface area contributed by atoms with E-state index in [0.29, 0.717) is 5.56 Å². The highest BCUT2D eigenvalue weighted by atomic mass is 35.5. The van der Waals surface area contributed by atoms with Gasteiger partial charge >= 0.3 is 0 Å². The van der Waals surface area contributed by atoms with Crippen LogP contribution in [0, 0.1) is 10.1 Å². The van der Waals surface area contributed by atoms with Crippen molar-refractivity contribution in [1.29, 1.82) is 0 Å². The van der Waals surface area contributed by atoms with E-state index in [1.165, 1.54) is 11.6 Å². The van der Waals surface area contributed by atoms with Gasteiger partial charge in [-0.25, -0.2) is 0 Å². The summed E-state index contributed by atoms with van der Waals surface area (Å²) in [7, 11) is 0. The Kier molecular flexibility index (Phi) is 5.63. The molecule has 130 valence electrons. The number of hydrazone groups is 1. The molecule has 3 rings (SSSR count). The molecule has 0 aliphatic carbocycles. The minimum absolute atomic E-state index is 0.0765. The van der Waals surface area contributed by atoms with Crippen LogP contribution in [-0.2, 0) is 6.54 Å². The van der Waals surface area contributed by atoms with Crippen LogP contribution in [0.25, 0.3) is 0 Å². The van der Waals surface area contributed by atoms with Crippen LogP contribution in [0.4, 0.5) is 5.69 Å². The quantitative estimate of drug-likeness (QED) is 0.467. The SMILES string of the molecule is O=[N+]([O-])c1ccccc1/C=N/N1CCN(Cc2ccc(Cl)cc2)CC1. The number of benzene rings is 2. The summed E-state index contributed by atoms with van der Waals surface area (Å²) in [4.78, 5) is 13.0. The van der Waals surface area contributed by atoms with E-state index in [1.54, 1.807) is 24.4 Å². The Hall–Kier alpha value is -2.44. The van der Waals surface area contributed by atoms with Gasteiger partial charge < -0.3 is 0 Å². The van der Waals surface area contributed by atoms with Crippen molar-refractivity contribution in [2.24, 2.45) is 5.10 Å². The lowest BCUT2D eigenvalue weighted by Crippen LogP contribution is -2.43. The van der Waals surface area contributed by atoms with E-state index >= 15 is 0 Å². The third-order valence-electron chi connectivity index (χ3n) is 4.16. The Balaban J connectivity index is 1.54. The van der Waals surface area contributed by atoms with Gasteiger partial charge in [0.2, 0.25) is 0 Å². The van der Waals surface area contributed by atoms with Crippen LogP contribution in [0.1, 0.15) is 11.1 Å². The van der Waals surface area contributed by atoms with Gasteiger partial charge in [-0.1, -0.05) is 35.9 Å². The van der Waals surface area contributed by atoms with Crippen LogP contribution >= 0.6 is 11.6 Å². The molecule has 6 nitrogen and oxygen atoms in total. The van der Waals surface area contributed by atoms with Gasteiger partial charge in [-0.3, -0.25) is 20.0 Å². The molecule has 0 unspecified atom stereocenters. The van der Waals surface area contributed by atoms with Gasteiger partial charge in [-0.2, -0.15) is 5.10 Å². The fourth-order valence-electron chi connectivity index (χ4n) is 2.77. The standard InChI is InChI=1S/C18H19ClN4O2/c19-17-7-5-15(6-8-17)14-21-9-11-22(12-10-21)20-13-16-3-1-2-4-18(16)23(24)25/h1-8,13H,9-12,14H2/b20-13+. The molecule has 7 heteroatoms. The molecule has 1 heterocycles. The number of nitro benzene ring substituents is 1. The Labute approximate surface area is 151 Å². The highest BCUT2D eigenvalue weighted by molar-refractivity contribution is 6.30. The molecule has 0 amide bonds. The molecule has 1 fully saturated rings. The maximum Gasteiger partial charge on any atom is 0.278 e. The van der Waals surface area contributed by atoms with E-state index in [2.05, 4.69) is 10.0 Å². The monoisotopic (exact) mass is 358 g/mol. The second-order valence-corrected chi connectivity index (χ2v) is 6.35. The fraction of sp³-hybridized carbons (Fsp3) is 0.278. The lowest BCUT2D eigenvalue weighted by atomic mass is 10.2. The fourth-order valence-corrected chi connectivity index (χ4v) is 2.89. The number of nitrogens with zero attached hydrogens (tertiary/aromatic N) is 4. The predicted octanol–water partition coefficient (Wildman–Crippen LogP) is 3.40. The van der Waals surface area contributed by atoms with Crippen LogP contribution in [-0.4, -0.2) is 47.2 Å². The van der Waals surface area contributed by atoms with Crippen molar-refractivity contribution in [2.75, 3.05) is 26.2 Å². The zero-order valence-electron chi connectivity index (χ0n) is 13.7. The number of nitro groups is 1. The van der Waals surface area contributed by atoms with Gasteiger partial charge in [0.25, 0.3) is 5.69 Å². The summed E-state index contributed by atoms with van der Waals surface area (Å²) in [6, 6.07) is 14.5. The minimum Gasteiger partial charge on any atom is -0.295 e. The molecular formula is C18H19ClN4O2. The van der Waals surface area contributed by atoms with E-state index in [-0.39, 0.29) is 10.6 Å². The van der Waals surface area contributed by atoms with Crippen molar-refractivity contribution in [3.05, 3.63) is 74.8 Å². The average molecular weight is 359 g/mol. The van der Waals surface area contributed by atoms with Crippen molar-refractivity contribution in [1.82, 2.24) is 9.91 Å². The molecule has 25 heavy (non-hydrogen) atoms. The van der Waals surface area contributed by atoms with Gasteiger partial charge in [0.05, 0.1) is 16.7 Å². The number of piperazine rings is 1. The number of para-hydroxylation sites is 1. The maximum absolute atomic E-state index is 11.0. The van der Waals surface area contributed by atoms with Crippen molar-refractivity contribution < 1.29 is 4.92 Å². The largest absolute Gasteiger partial charge is 0.295 e. The van der Waals surface area contributed by atoms with E-state index in [9.17, 15) is 10.1 Å². The molecule has 0 spiro atoms. The first-order valence-corrected chi connectivity index (χ1v) is 8.49. The molecule has 0 N–H and O–H groups in total. The van der Waals surface area contributed by atoms with E-state index < -0.39 is 0 Å². The van der Waals surface area contributed by atoms with Crippen molar-refractivity contribution >= 4 is 23.5 Å². The molecule has 0 bridgehead atoms. The molecule has 0 atom stereocenters. The molecule has 2 aromatic carbocycles. The topological polar surface area (TPSA) is 62.0 Å². The van der Waals surface area contributed by atoms with Gasteiger partial charge in [-0.05, 0) is 23.8 Å². The van der Waals surface area contributed by atoms with Crippen molar-refractivity contribution in [3.63, 3.8) is 0 Å². The lowest BCUT2D eigenvalue weighted by molar-refractivity contribution is -0.385. The predicted molar refractivity (Wildman–Crippen MR) is 99.0 cm³/mol. The van der Waals surface area contributed by atoms with Gasteiger partial charge in [0, 0.05) is 43.8 Å². The minimum atomic E-state index is -0.384. The van der Waals surface area contributed by atoms with Crippen LogP contribution in [0.15, 0.2) is 53.6 Å². The van der Waals surface area contributed by atoms with Crippen LogP contribution in [0.2, 0.25) is 5.02 Å². The summed E-state index contributed by atoms with van der Waals surface area (Å²) in [6.07, 6.45) is 1.58. The second kappa shape index (κ2) is 8.09. The van der Waals surface area contributed by atoms with E-state index in [0.717, 1.165) is 37.7 Å². The molecule has 0 saturated carbocycles. The Morgan fingerprint density at radius 3 is 2.44 bits per heavy atom. The smallest absolute Gasteiger partial charge is 0.278 e. The normalized spacial score (nSPS) is 15.6. The van der Waals surface area contributed by atoms with E-state index in [1.807, 2.05) is 29.3 Å². The van der Waals surface area contributed by atoms with Crippen LogP contribution in [0.5, 0.6) is 0 Å². The summed E-state index contributed by atoms with van der Waals surface area (Å²) >= 11 is 5.91. The third kappa shape index (κ3) is 4.78. The van der Waals surface area contributed by atoms with Crippen LogP contribution < -0.4 is 0 Å². The number of hydrogen-bond acceptors (Lipinski definition) is 5. The van der Waals surface area contributed by atoms with Crippen LogP contribution in [0.3, 0.4) is 0 Å². The first-order valence-electron chi connectivity index (χ1n) is 8.11. The molecule has 0 radical (unpaired) electrons. The summed E-state index contributed by atoms with van der Waals surface area (Å²) in [5, 5.41) is 18.1. The molecular weight excluding hydrogens is 340 g/mol. The lowest BCUT2D eigenvalue weighted by Gasteiger charge is -2.33. The van der Waals surface area contributed by atoms with Gasteiger partial charge in [0.15, 0.2) is 0 Å². The summed E-state index contributed by atoms with van der Waals surface area (Å²) < 4.78 is 0. The third-order valence-corrected chi connectivity index (χ3v) is 4.41. The number of halogens is 1. The first-order chi connectivity index (χ1) is 12.1. The zero-order valence-corrected chi connectivity index (χ0v) is 14.5. The maximum atomic E-state index is 11.0. The molecule has 1 saturated heterocycles. The number of rotatable bonds is 5. The summed E-state index contributed by atoms with van der Waals surface area (Å²) in [6.45, 7) is 4.28.